The van der Waals surface area contributed by atoms with Crippen molar-refractivity contribution in [3.63, 3.8) is 0 Å². The van der Waals surface area contributed by atoms with Gasteiger partial charge in [0.1, 0.15) is 5.75 Å². The minimum absolute atomic E-state index is 0.0947. The first-order valence-electron chi connectivity index (χ1n) is 6.14. The molecule has 0 radical (unpaired) electrons. The standard InChI is InChI=1S/C13H20N2O4/c1-18-9-4-10-19-12-6-3-2-5-11(12)15-13(17)14-7-8-16/h2-3,5-6,16H,4,7-10H2,1H3,(H2,14,15,17). The van der Waals surface area contributed by atoms with Crippen LogP contribution in [0.1, 0.15) is 6.42 Å². The molecule has 2 amide bonds. The Balaban J connectivity index is 2.50. The number of hydrogen-bond acceptors (Lipinski definition) is 4. The second-order valence-corrected chi connectivity index (χ2v) is 3.80. The molecule has 0 aliphatic carbocycles. The first-order valence-corrected chi connectivity index (χ1v) is 6.14. The van der Waals surface area contributed by atoms with Crippen LogP contribution in [-0.2, 0) is 4.74 Å². The highest BCUT2D eigenvalue weighted by Gasteiger charge is 2.06. The monoisotopic (exact) mass is 268 g/mol. The first kappa shape index (κ1) is 15.3. The van der Waals surface area contributed by atoms with Crippen LogP contribution in [-0.4, -0.2) is 44.6 Å². The number of ether oxygens (including phenoxy) is 2. The van der Waals surface area contributed by atoms with Crippen LogP contribution in [0.3, 0.4) is 0 Å². The molecule has 1 aromatic carbocycles. The third kappa shape index (κ3) is 6.08. The Morgan fingerprint density at radius 1 is 1.32 bits per heavy atom. The number of amides is 2. The van der Waals surface area contributed by atoms with Crippen molar-refractivity contribution in [2.24, 2.45) is 0 Å². The van der Waals surface area contributed by atoms with Crippen LogP contribution in [0.4, 0.5) is 10.5 Å². The molecule has 0 heterocycles. The van der Waals surface area contributed by atoms with E-state index in [9.17, 15) is 4.79 Å². The first-order chi connectivity index (χ1) is 9.27. The molecule has 0 atom stereocenters. The Labute approximate surface area is 112 Å². The maximum Gasteiger partial charge on any atom is 0.319 e. The summed E-state index contributed by atoms with van der Waals surface area (Å²) >= 11 is 0. The smallest absolute Gasteiger partial charge is 0.319 e. The second-order valence-electron chi connectivity index (χ2n) is 3.80. The van der Waals surface area contributed by atoms with Crippen LogP contribution in [0.2, 0.25) is 0 Å². The fourth-order valence-corrected chi connectivity index (χ4v) is 1.42. The van der Waals surface area contributed by atoms with Crippen molar-refractivity contribution >= 4 is 11.7 Å². The summed E-state index contributed by atoms with van der Waals surface area (Å²) in [6.45, 7) is 1.27. The number of hydrogen-bond donors (Lipinski definition) is 3. The average Bonchev–Trinajstić information content (AvgIpc) is 2.43. The van der Waals surface area contributed by atoms with E-state index in [0.717, 1.165) is 6.42 Å². The quantitative estimate of drug-likeness (QED) is 0.619. The van der Waals surface area contributed by atoms with E-state index in [1.807, 2.05) is 12.1 Å². The SMILES string of the molecule is COCCCOc1ccccc1NC(=O)NCCO. The summed E-state index contributed by atoms with van der Waals surface area (Å²) in [6.07, 6.45) is 0.779. The number of aliphatic hydroxyl groups is 1. The van der Waals surface area contributed by atoms with Gasteiger partial charge >= 0.3 is 6.03 Å². The number of carbonyl (C=O) groups excluding carboxylic acids is 1. The van der Waals surface area contributed by atoms with Crippen LogP contribution in [0.5, 0.6) is 5.75 Å². The fourth-order valence-electron chi connectivity index (χ4n) is 1.42. The molecule has 1 rings (SSSR count). The Kier molecular flexibility index (Phi) is 7.38. The number of para-hydroxylation sites is 2. The van der Waals surface area contributed by atoms with Crippen LogP contribution in [0.25, 0.3) is 0 Å². The van der Waals surface area contributed by atoms with E-state index in [0.29, 0.717) is 24.7 Å². The molecule has 0 spiro atoms. The normalized spacial score (nSPS) is 10.0. The second kappa shape index (κ2) is 9.18. The predicted molar refractivity (Wildman–Crippen MR) is 72.5 cm³/mol. The molecule has 3 N–H and O–H groups in total. The largest absolute Gasteiger partial charge is 0.491 e. The summed E-state index contributed by atoms with van der Waals surface area (Å²) in [4.78, 5) is 11.5. The van der Waals surface area contributed by atoms with E-state index < -0.39 is 0 Å². The van der Waals surface area contributed by atoms with Crippen LogP contribution >= 0.6 is 0 Å². The summed E-state index contributed by atoms with van der Waals surface area (Å²) in [5, 5.41) is 13.8. The van der Waals surface area contributed by atoms with Gasteiger partial charge in [0, 0.05) is 26.7 Å². The number of anilines is 1. The summed E-state index contributed by atoms with van der Waals surface area (Å²) < 4.78 is 10.5. The lowest BCUT2D eigenvalue weighted by Gasteiger charge is -2.12. The number of aliphatic hydroxyl groups excluding tert-OH is 1. The summed E-state index contributed by atoms with van der Waals surface area (Å²) in [5.41, 5.74) is 0.593. The highest BCUT2D eigenvalue weighted by molar-refractivity contribution is 5.90. The molecular weight excluding hydrogens is 248 g/mol. The topological polar surface area (TPSA) is 79.8 Å². The summed E-state index contributed by atoms with van der Waals surface area (Å²) in [7, 11) is 1.64. The molecule has 19 heavy (non-hydrogen) atoms. The number of rotatable bonds is 8. The summed E-state index contributed by atoms with van der Waals surface area (Å²) in [6, 6.07) is 6.81. The van der Waals surface area contributed by atoms with Crippen LogP contribution in [0, 0.1) is 0 Å². The van der Waals surface area contributed by atoms with Crippen LogP contribution in [0.15, 0.2) is 24.3 Å². The van der Waals surface area contributed by atoms with Crippen molar-refractivity contribution in [3.05, 3.63) is 24.3 Å². The lowest BCUT2D eigenvalue weighted by molar-refractivity contribution is 0.172. The average molecular weight is 268 g/mol. The zero-order valence-corrected chi connectivity index (χ0v) is 11.0. The molecule has 0 aliphatic heterocycles. The van der Waals surface area contributed by atoms with Gasteiger partial charge in [-0.3, -0.25) is 0 Å². The Morgan fingerprint density at radius 2 is 2.11 bits per heavy atom. The molecule has 0 aliphatic rings. The highest BCUT2D eigenvalue weighted by atomic mass is 16.5. The van der Waals surface area contributed by atoms with Gasteiger partial charge in [-0.1, -0.05) is 12.1 Å². The van der Waals surface area contributed by atoms with E-state index in [4.69, 9.17) is 14.6 Å². The summed E-state index contributed by atoms with van der Waals surface area (Å²) in [5.74, 6) is 0.609. The molecule has 0 aromatic heterocycles. The van der Waals surface area contributed by atoms with Gasteiger partial charge < -0.3 is 25.2 Å². The van der Waals surface area contributed by atoms with Gasteiger partial charge in [0.2, 0.25) is 0 Å². The maximum atomic E-state index is 11.5. The molecule has 1 aromatic rings. The van der Waals surface area contributed by atoms with Gasteiger partial charge in [-0.05, 0) is 12.1 Å². The lowest BCUT2D eigenvalue weighted by Crippen LogP contribution is -2.31. The number of benzene rings is 1. The van der Waals surface area contributed by atoms with E-state index in [1.165, 1.54) is 0 Å². The number of carbonyl (C=O) groups is 1. The molecule has 0 unspecified atom stereocenters. The fraction of sp³-hybridized carbons (Fsp3) is 0.462. The molecule has 0 saturated carbocycles. The van der Waals surface area contributed by atoms with Gasteiger partial charge in [-0.25, -0.2) is 4.79 Å². The molecule has 0 saturated heterocycles. The third-order valence-corrected chi connectivity index (χ3v) is 2.28. The van der Waals surface area contributed by atoms with Gasteiger partial charge in [0.15, 0.2) is 0 Å². The van der Waals surface area contributed by atoms with Gasteiger partial charge in [0.05, 0.1) is 18.9 Å². The van der Waals surface area contributed by atoms with E-state index in [-0.39, 0.29) is 19.2 Å². The van der Waals surface area contributed by atoms with Crippen molar-refractivity contribution in [3.8, 4) is 5.75 Å². The maximum absolute atomic E-state index is 11.5. The molecule has 106 valence electrons. The zero-order chi connectivity index (χ0) is 13.9. The van der Waals surface area contributed by atoms with Crippen molar-refractivity contribution < 1.29 is 19.4 Å². The van der Waals surface area contributed by atoms with Crippen LogP contribution < -0.4 is 15.4 Å². The molecule has 6 nitrogen and oxygen atoms in total. The minimum atomic E-state index is -0.373. The number of methoxy groups -OCH3 is 1. The molecule has 0 fully saturated rings. The Bertz CT molecular complexity index is 385. The van der Waals surface area contributed by atoms with Crippen molar-refractivity contribution in [1.29, 1.82) is 0 Å². The molecule has 6 heteroatoms. The zero-order valence-electron chi connectivity index (χ0n) is 11.0. The Hall–Kier alpha value is -1.79. The van der Waals surface area contributed by atoms with E-state index in [1.54, 1.807) is 19.2 Å². The lowest BCUT2D eigenvalue weighted by atomic mass is 10.3. The van der Waals surface area contributed by atoms with Crippen molar-refractivity contribution in [2.75, 3.05) is 38.8 Å². The molecule has 0 bridgehead atoms. The van der Waals surface area contributed by atoms with Gasteiger partial charge in [-0.15, -0.1) is 0 Å². The number of nitrogens with one attached hydrogen (secondary N) is 2. The van der Waals surface area contributed by atoms with Gasteiger partial charge in [0.25, 0.3) is 0 Å². The third-order valence-electron chi connectivity index (χ3n) is 2.28. The van der Waals surface area contributed by atoms with E-state index in [2.05, 4.69) is 10.6 Å². The number of urea groups is 1. The van der Waals surface area contributed by atoms with E-state index >= 15 is 0 Å². The minimum Gasteiger partial charge on any atom is -0.491 e. The molecular formula is C13H20N2O4. The highest BCUT2D eigenvalue weighted by Crippen LogP contribution is 2.23. The Morgan fingerprint density at radius 3 is 2.84 bits per heavy atom. The van der Waals surface area contributed by atoms with Gasteiger partial charge in [-0.2, -0.15) is 0 Å². The van der Waals surface area contributed by atoms with Crippen molar-refractivity contribution in [1.82, 2.24) is 5.32 Å². The van der Waals surface area contributed by atoms with Crippen molar-refractivity contribution in [2.45, 2.75) is 6.42 Å². The predicted octanol–water partition coefficient (Wildman–Crippen LogP) is 1.22.